The van der Waals surface area contributed by atoms with E-state index >= 15 is 0 Å². The fourth-order valence-corrected chi connectivity index (χ4v) is 2.83. The second-order valence-electron chi connectivity index (χ2n) is 5.92. The lowest BCUT2D eigenvalue weighted by Gasteiger charge is -2.34. The minimum Gasteiger partial charge on any atom is -0.326 e. The highest BCUT2D eigenvalue weighted by atomic mass is 16.2. The molecule has 0 spiro atoms. The van der Waals surface area contributed by atoms with E-state index in [1.165, 1.54) is 25.9 Å². The molecule has 0 atom stereocenters. The maximum Gasteiger partial charge on any atom is 0.319 e. The number of piperidine rings is 1. The Balaban J connectivity index is 1.70. The second kappa shape index (κ2) is 6.41. The third-order valence-electron chi connectivity index (χ3n) is 4.33. The molecular weight excluding hydrogens is 226 g/mol. The average Bonchev–Trinajstić information content (AvgIpc) is 2.89. The highest BCUT2D eigenvalue weighted by molar-refractivity contribution is 5.74. The smallest absolute Gasteiger partial charge is 0.319 e. The van der Waals surface area contributed by atoms with Gasteiger partial charge in [-0.15, -0.1) is 0 Å². The first-order chi connectivity index (χ1) is 8.66. The topological polar surface area (TPSA) is 26.8 Å². The molecule has 0 bridgehead atoms. The Morgan fingerprint density at radius 3 is 2.39 bits per heavy atom. The van der Waals surface area contributed by atoms with Crippen LogP contribution in [0.4, 0.5) is 4.79 Å². The molecule has 104 valence electrons. The molecule has 2 rings (SSSR count). The van der Waals surface area contributed by atoms with Gasteiger partial charge in [0.25, 0.3) is 0 Å². The molecule has 0 aromatic rings. The van der Waals surface area contributed by atoms with Crippen molar-refractivity contribution in [2.75, 3.05) is 46.3 Å². The van der Waals surface area contributed by atoms with Gasteiger partial charge in [-0.3, -0.25) is 0 Å². The summed E-state index contributed by atoms with van der Waals surface area (Å²) in [6, 6.07) is 0.223. The van der Waals surface area contributed by atoms with Gasteiger partial charge >= 0.3 is 6.03 Å². The van der Waals surface area contributed by atoms with Crippen molar-refractivity contribution in [2.24, 2.45) is 5.92 Å². The highest BCUT2D eigenvalue weighted by Crippen LogP contribution is 2.17. The summed E-state index contributed by atoms with van der Waals surface area (Å²) in [5, 5.41) is 0. The van der Waals surface area contributed by atoms with Crippen LogP contribution in [0.3, 0.4) is 0 Å². The summed E-state index contributed by atoms with van der Waals surface area (Å²) in [6.07, 6.45) is 4.96. The van der Waals surface area contributed by atoms with E-state index < -0.39 is 0 Å². The number of urea groups is 1. The average molecular weight is 253 g/mol. The molecule has 2 aliphatic heterocycles. The number of nitrogens with zero attached hydrogens (tertiary/aromatic N) is 3. The van der Waals surface area contributed by atoms with E-state index in [9.17, 15) is 4.79 Å². The fraction of sp³-hybridized carbons (Fsp3) is 0.929. The lowest BCUT2D eigenvalue weighted by atomic mass is 10.00. The molecule has 0 saturated carbocycles. The van der Waals surface area contributed by atoms with Crippen molar-refractivity contribution < 1.29 is 4.79 Å². The lowest BCUT2D eigenvalue weighted by Crippen LogP contribution is -2.46. The molecule has 0 N–H and O–H groups in total. The van der Waals surface area contributed by atoms with Crippen molar-refractivity contribution in [1.29, 1.82) is 0 Å². The molecule has 2 aliphatic rings. The van der Waals surface area contributed by atoms with Crippen LogP contribution in [0, 0.1) is 5.92 Å². The molecule has 2 heterocycles. The van der Waals surface area contributed by atoms with Crippen LogP contribution in [0.5, 0.6) is 0 Å². The number of likely N-dealkylation sites (tertiary alicyclic amines) is 2. The summed E-state index contributed by atoms with van der Waals surface area (Å²) in [5.74, 6) is 0.781. The third kappa shape index (κ3) is 3.61. The van der Waals surface area contributed by atoms with E-state index in [4.69, 9.17) is 0 Å². The van der Waals surface area contributed by atoms with Crippen molar-refractivity contribution in [2.45, 2.75) is 32.6 Å². The van der Waals surface area contributed by atoms with E-state index in [1.54, 1.807) is 0 Å². The van der Waals surface area contributed by atoms with Crippen molar-refractivity contribution in [3.8, 4) is 0 Å². The number of carbonyl (C=O) groups excluding carboxylic acids is 1. The zero-order chi connectivity index (χ0) is 13.0. The Kier molecular flexibility index (Phi) is 4.87. The van der Waals surface area contributed by atoms with Crippen molar-refractivity contribution in [3.05, 3.63) is 0 Å². The van der Waals surface area contributed by atoms with Gasteiger partial charge in [0.1, 0.15) is 0 Å². The lowest BCUT2D eigenvalue weighted by molar-refractivity contribution is 0.139. The van der Waals surface area contributed by atoms with Crippen LogP contribution in [0.1, 0.15) is 32.6 Å². The summed E-state index contributed by atoms with van der Waals surface area (Å²) in [4.78, 5) is 18.6. The molecule has 4 nitrogen and oxygen atoms in total. The second-order valence-corrected chi connectivity index (χ2v) is 5.92. The summed E-state index contributed by atoms with van der Waals surface area (Å²) < 4.78 is 0. The molecule has 0 unspecified atom stereocenters. The van der Waals surface area contributed by atoms with E-state index in [0.29, 0.717) is 0 Å². The van der Waals surface area contributed by atoms with Gasteiger partial charge in [0.2, 0.25) is 0 Å². The number of hydrogen-bond donors (Lipinski definition) is 0. The Morgan fingerprint density at radius 1 is 1.17 bits per heavy atom. The maximum absolute atomic E-state index is 12.2. The third-order valence-corrected chi connectivity index (χ3v) is 4.33. The van der Waals surface area contributed by atoms with Gasteiger partial charge in [0.05, 0.1) is 0 Å². The molecule has 2 fully saturated rings. The number of likely N-dealkylation sites (N-methyl/N-ethyl adjacent to an activating group) is 1. The number of amides is 2. The van der Waals surface area contributed by atoms with E-state index in [-0.39, 0.29) is 6.03 Å². The summed E-state index contributed by atoms with van der Waals surface area (Å²) in [6.45, 7) is 8.48. The molecular formula is C14H27N3O. The van der Waals surface area contributed by atoms with Crippen LogP contribution in [0.2, 0.25) is 0 Å². The van der Waals surface area contributed by atoms with Gasteiger partial charge in [-0.1, -0.05) is 6.92 Å². The zero-order valence-electron chi connectivity index (χ0n) is 11.9. The highest BCUT2D eigenvalue weighted by Gasteiger charge is 2.23. The molecule has 0 aliphatic carbocycles. The normalized spacial score (nSPS) is 22.4. The molecule has 4 heteroatoms. The first kappa shape index (κ1) is 13.7. The number of carbonyl (C=O) groups is 1. The SMILES string of the molecule is CC1CCN(C(=O)N(C)CCN2CCCC2)CC1. The molecule has 0 radical (unpaired) electrons. The van der Waals surface area contributed by atoms with Gasteiger partial charge < -0.3 is 14.7 Å². The Bertz CT molecular complexity index is 268. The summed E-state index contributed by atoms with van der Waals surface area (Å²) >= 11 is 0. The van der Waals surface area contributed by atoms with Crippen LogP contribution >= 0.6 is 0 Å². The Morgan fingerprint density at radius 2 is 1.78 bits per heavy atom. The van der Waals surface area contributed by atoms with Crippen molar-refractivity contribution in [1.82, 2.24) is 14.7 Å². The van der Waals surface area contributed by atoms with Gasteiger partial charge in [-0.25, -0.2) is 4.79 Å². The van der Waals surface area contributed by atoms with Crippen LogP contribution in [0.25, 0.3) is 0 Å². The zero-order valence-corrected chi connectivity index (χ0v) is 11.9. The fourth-order valence-electron chi connectivity index (χ4n) is 2.83. The minimum atomic E-state index is 0.223. The van der Waals surface area contributed by atoms with Crippen LogP contribution in [-0.2, 0) is 0 Å². The Hall–Kier alpha value is -0.770. The standard InChI is InChI=1S/C14H27N3O/c1-13-5-9-17(10-6-13)14(18)15(2)11-12-16-7-3-4-8-16/h13H,3-12H2,1-2H3. The summed E-state index contributed by atoms with van der Waals surface area (Å²) in [7, 11) is 1.94. The van der Waals surface area contributed by atoms with Crippen LogP contribution < -0.4 is 0 Å². The molecule has 0 aromatic heterocycles. The quantitative estimate of drug-likeness (QED) is 0.767. The Labute approximate surface area is 111 Å². The van der Waals surface area contributed by atoms with E-state index in [1.807, 2.05) is 16.8 Å². The van der Waals surface area contributed by atoms with Crippen molar-refractivity contribution >= 4 is 6.03 Å². The molecule has 2 saturated heterocycles. The number of hydrogen-bond acceptors (Lipinski definition) is 2. The predicted molar refractivity (Wildman–Crippen MR) is 73.7 cm³/mol. The van der Waals surface area contributed by atoms with Gasteiger partial charge in [-0.2, -0.15) is 0 Å². The predicted octanol–water partition coefficient (Wildman–Crippen LogP) is 1.87. The molecule has 0 aromatic carbocycles. The minimum absolute atomic E-state index is 0.223. The van der Waals surface area contributed by atoms with Gasteiger partial charge in [-0.05, 0) is 44.7 Å². The summed E-state index contributed by atoms with van der Waals surface area (Å²) in [5.41, 5.74) is 0. The van der Waals surface area contributed by atoms with Gasteiger partial charge in [0, 0.05) is 33.2 Å². The molecule has 18 heavy (non-hydrogen) atoms. The van der Waals surface area contributed by atoms with E-state index in [2.05, 4.69) is 11.8 Å². The molecule has 2 amide bonds. The van der Waals surface area contributed by atoms with Crippen LogP contribution in [-0.4, -0.2) is 67.0 Å². The van der Waals surface area contributed by atoms with Crippen molar-refractivity contribution in [3.63, 3.8) is 0 Å². The maximum atomic E-state index is 12.2. The van der Waals surface area contributed by atoms with Crippen LogP contribution in [0.15, 0.2) is 0 Å². The first-order valence-corrected chi connectivity index (χ1v) is 7.39. The van der Waals surface area contributed by atoms with E-state index in [0.717, 1.165) is 44.9 Å². The van der Waals surface area contributed by atoms with Gasteiger partial charge in [0.15, 0.2) is 0 Å². The first-order valence-electron chi connectivity index (χ1n) is 7.39. The monoisotopic (exact) mass is 253 g/mol. The number of rotatable bonds is 3. The largest absolute Gasteiger partial charge is 0.326 e.